The maximum atomic E-state index is 12.8. The number of H-pyrrole nitrogens is 1. The number of hydrogen-bond acceptors (Lipinski definition) is 2. The molecule has 0 bridgehead atoms. The minimum Gasteiger partial charge on any atom is -0.337 e. The molecule has 0 unspecified atom stereocenters. The predicted octanol–water partition coefficient (Wildman–Crippen LogP) is 6.45. The molecule has 3 aromatic carbocycles. The molecule has 0 radical (unpaired) electrons. The number of rotatable bonds is 4. The van der Waals surface area contributed by atoms with Gasteiger partial charge in [0.2, 0.25) is 0 Å². The van der Waals surface area contributed by atoms with E-state index in [2.05, 4.69) is 15.3 Å². The lowest BCUT2D eigenvalue weighted by molar-refractivity contribution is 0.0973. The third-order valence-corrected chi connectivity index (χ3v) is 5.06. The van der Waals surface area contributed by atoms with Gasteiger partial charge in [-0.15, -0.1) is 0 Å². The first kappa shape index (κ1) is 19.5. The van der Waals surface area contributed by atoms with Gasteiger partial charge < -0.3 is 10.3 Å². The van der Waals surface area contributed by atoms with Crippen LogP contribution in [0.3, 0.4) is 0 Å². The fourth-order valence-corrected chi connectivity index (χ4v) is 3.36. The zero-order chi connectivity index (χ0) is 20.4. The first-order valence-electron chi connectivity index (χ1n) is 8.68. The second-order valence-corrected chi connectivity index (χ2v) is 7.57. The number of hydrogen-bond donors (Lipinski definition) is 2. The van der Waals surface area contributed by atoms with Crippen LogP contribution in [-0.2, 0) is 0 Å². The van der Waals surface area contributed by atoms with Gasteiger partial charge in [0, 0.05) is 20.6 Å². The summed E-state index contributed by atoms with van der Waals surface area (Å²) in [7, 11) is 0. The molecule has 0 spiro atoms. The van der Waals surface area contributed by atoms with Crippen LogP contribution in [0.1, 0.15) is 21.7 Å². The van der Waals surface area contributed by atoms with Gasteiger partial charge in [0.05, 0.1) is 16.7 Å². The highest BCUT2D eigenvalue weighted by Crippen LogP contribution is 2.26. The topological polar surface area (TPSA) is 57.8 Å². The van der Waals surface area contributed by atoms with Crippen molar-refractivity contribution in [1.82, 2.24) is 15.3 Å². The molecule has 0 atom stereocenters. The average Bonchev–Trinajstić information content (AvgIpc) is 3.14. The molecule has 0 saturated heterocycles. The fourth-order valence-electron chi connectivity index (χ4n) is 2.84. The summed E-state index contributed by atoms with van der Waals surface area (Å²) in [6.45, 7) is 0. The van der Waals surface area contributed by atoms with E-state index in [0.29, 0.717) is 37.7 Å². The van der Waals surface area contributed by atoms with E-state index in [4.69, 9.17) is 34.8 Å². The highest BCUT2D eigenvalue weighted by atomic mass is 35.5. The molecule has 1 aromatic heterocycles. The maximum absolute atomic E-state index is 12.8. The van der Waals surface area contributed by atoms with Gasteiger partial charge >= 0.3 is 0 Å². The van der Waals surface area contributed by atoms with Gasteiger partial charge in [-0.1, -0.05) is 53.0 Å². The van der Waals surface area contributed by atoms with Crippen LogP contribution in [0.25, 0.3) is 22.8 Å². The number of carbonyl (C=O) groups excluding carboxylic acids is 1. The maximum Gasteiger partial charge on any atom is 0.255 e. The first-order valence-corrected chi connectivity index (χ1v) is 9.82. The van der Waals surface area contributed by atoms with Crippen LogP contribution in [0.4, 0.5) is 0 Å². The Hall–Kier alpha value is -2.79. The van der Waals surface area contributed by atoms with Gasteiger partial charge in [-0.3, -0.25) is 4.79 Å². The molecule has 0 aliphatic carbocycles. The molecule has 1 amide bonds. The van der Waals surface area contributed by atoms with E-state index in [1.807, 2.05) is 6.07 Å². The number of nitrogens with one attached hydrogen (secondary N) is 2. The highest BCUT2D eigenvalue weighted by molar-refractivity contribution is 6.34. The van der Waals surface area contributed by atoms with E-state index in [1.165, 1.54) is 0 Å². The third-order valence-electron chi connectivity index (χ3n) is 4.24. The number of benzene rings is 3. The van der Waals surface area contributed by atoms with Gasteiger partial charge in [0.25, 0.3) is 5.91 Å². The van der Waals surface area contributed by atoms with Crippen LogP contribution in [0.15, 0.2) is 66.7 Å². The molecule has 0 fully saturated rings. The summed E-state index contributed by atoms with van der Waals surface area (Å²) >= 11 is 18.5. The molecule has 29 heavy (non-hydrogen) atoms. The summed E-state index contributed by atoms with van der Waals surface area (Å²) in [5.41, 5.74) is 3.11. The molecule has 4 nitrogen and oxygen atoms in total. The number of aromatic amines is 1. The molecule has 0 aliphatic rings. The highest BCUT2D eigenvalue weighted by Gasteiger charge is 2.14. The Bertz CT molecular complexity index is 1230. The van der Waals surface area contributed by atoms with Crippen molar-refractivity contribution in [3.05, 3.63) is 98.7 Å². The summed E-state index contributed by atoms with van der Waals surface area (Å²) in [6, 6.07) is 19.4. The molecule has 144 valence electrons. The summed E-state index contributed by atoms with van der Waals surface area (Å²) in [6.07, 6.45) is 1.73. The van der Waals surface area contributed by atoms with Gasteiger partial charge in [-0.05, 0) is 60.2 Å². The predicted molar refractivity (Wildman–Crippen MR) is 119 cm³/mol. The first-order chi connectivity index (χ1) is 14.0. The van der Waals surface area contributed by atoms with Crippen LogP contribution < -0.4 is 5.32 Å². The van der Waals surface area contributed by atoms with Crippen molar-refractivity contribution in [1.29, 1.82) is 0 Å². The van der Waals surface area contributed by atoms with E-state index in [-0.39, 0.29) is 5.91 Å². The lowest BCUT2D eigenvalue weighted by atomic mass is 10.1. The van der Waals surface area contributed by atoms with Crippen LogP contribution in [0, 0.1) is 0 Å². The van der Waals surface area contributed by atoms with E-state index in [1.54, 1.807) is 66.7 Å². The Kier molecular flexibility index (Phi) is 5.58. The number of nitrogens with zero attached hydrogens (tertiary/aromatic N) is 1. The van der Waals surface area contributed by atoms with Crippen molar-refractivity contribution < 1.29 is 4.79 Å². The van der Waals surface area contributed by atoms with Crippen LogP contribution >= 0.6 is 34.8 Å². The SMILES string of the molecule is O=C(N/C(=C/c1cc(Cl)ccc1Cl)c1nc2ccc(Cl)cc2[nH]1)c1ccccc1. The van der Waals surface area contributed by atoms with Crippen molar-refractivity contribution in [3.63, 3.8) is 0 Å². The van der Waals surface area contributed by atoms with E-state index in [9.17, 15) is 4.79 Å². The number of imidazole rings is 1. The lowest BCUT2D eigenvalue weighted by Crippen LogP contribution is -2.22. The Morgan fingerprint density at radius 2 is 1.66 bits per heavy atom. The average molecular weight is 443 g/mol. The van der Waals surface area contributed by atoms with Gasteiger partial charge in [0.1, 0.15) is 0 Å². The van der Waals surface area contributed by atoms with Crippen molar-refractivity contribution >= 4 is 63.5 Å². The summed E-state index contributed by atoms with van der Waals surface area (Å²) < 4.78 is 0. The molecule has 2 N–H and O–H groups in total. The second-order valence-electron chi connectivity index (χ2n) is 6.29. The van der Waals surface area contributed by atoms with Crippen molar-refractivity contribution in [3.8, 4) is 0 Å². The molecular formula is C22H14Cl3N3O. The fraction of sp³-hybridized carbons (Fsp3) is 0. The monoisotopic (exact) mass is 441 g/mol. The van der Waals surface area contributed by atoms with Gasteiger partial charge in [0.15, 0.2) is 5.82 Å². The number of amides is 1. The molecule has 0 saturated carbocycles. The zero-order valence-corrected chi connectivity index (χ0v) is 17.2. The minimum absolute atomic E-state index is 0.270. The van der Waals surface area contributed by atoms with Crippen LogP contribution in [0.5, 0.6) is 0 Å². The van der Waals surface area contributed by atoms with E-state index in [0.717, 1.165) is 11.0 Å². The molecule has 4 aromatic rings. The van der Waals surface area contributed by atoms with Crippen molar-refractivity contribution in [2.24, 2.45) is 0 Å². The largest absolute Gasteiger partial charge is 0.337 e. The number of aromatic nitrogens is 2. The third kappa shape index (κ3) is 4.46. The Morgan fingerprint density at radius 1 is 0.931 bits per heavy atom. The normalized spacial score (nSPS) is 11.6. The Morgan fingerprint density at radius 3 is 2.45 bits per heavy atom. The molecule has 7 heteroatoms. The van der Waals surface area contributed by atoms with Gasteiger partial charge in [-0.25, -0.2) is 4.98 Å². The quantitative estimate of drug-likeness (QED) is 0.381. The zero-order valence-electron chi connectivity index (χ0n) is 14.9. The number of fused-ring (bicyclic) bond motifs is 1. The van der Waals surface area contributed by atoms with E-state index < -0.39 is 0 Å². The molecule has 0 aliphatic heterocycles. The van der Waals surface area contributed by atoms with Crippen molar-refractivity contribution in [2.75, 3.05) is 0 Å². The van der Waals surface area contributed by atoms with E-state index >= 15 is 0 Å². The number of halogens is 3. The standard InChI is InChI=1S/C22H14Cl3N3O/c23-15-6-8-17(25)14(10-15)11-20(28-22(29)13-4-2-1-3-5-13)21-26-18-9-7-16(24)12-19(18)27-21/h1-12H,(H,26,27)(H,28,29)/b20-11+. The summed E-state index contributed by atoms with van der Waals surface area (Å²) in [5.74, 6) is 0.205. The van der Waals surface area contributed by atoms with Gasteiger partial charge in [-0.2, -0.15) is 0 Å². The Balaban J connectivity index is 1.80. The van der Waals surface area contributed by atoms with Crippen LogP contribution in [0.2, 0.25) is 15.1 Å². The minimum atomic E-state index is -0.270. The Labute approximate surface area is 182 Å². The summed E-state index contributed by atoms with van der Waals surface area (Å²) in [4.78, 5) is 20.5. The second kappa shape index (κ2) is 8.29. The molecule has 1 heterocycles. The summed E-state index contributed by atoms with van der Waals surface area (Å²) in [5, 5.41) is 4.53. The molecular weight excluding hydrogens is 429 g/mol. The smallest absolute Gasteiger partial charge is 0.255 e. The van der Waals surface area contributed by atoms with Crippen molar-refractivity contribution in [2.45, 2.75) is 0 Å². The molecule has 4 rings (SSSR count). The lowest BCUT2D eigenvalue weighted by Gasteiger charge is -2.09. The van der Waals surface area contributed by atoms with Crippen LogP contribution in [-0.4, -0.2) is 15.9 Å². The number of carbonyl (C=O) groups is 1.